The third-order valence-corrected chi connectivity index (χ3v) is 5.37. The van der Waals surface area contributed by atoms with Gasteiger partial charge in [-0.3, -0.25) is 9.69 Å². The molecule has 0 unspecified atom stereocenters. The molecule has 0 aliphatic carbocycles. The lowest BCUT2D eigenvalue weighted by Gasteiger charge is -2.15. The smallest absolute Gasteiger partial charge is 0.238 e. The maximum absolute atomic E-state index is 13.6. The Kier molecular flexibility index (Phi) is 5.70. The fourth-order valence-electron chi connectivity index (χ4n) is 2.28. The number of thiophene rings is 1. The summed E-state index contributed by atoms with van der Waals surface area (Å²) in [6, 6.07) is 5.69. The molecule has 0 saturated heterocycles. The van der Waals surface area contributed by atoms with Crippen molar-refractivity contribution in [3.63, 3.8) is 0 Å². The van der Waals surface area contributed by atoms with Crippen molar-refractivity contribution in [2.45, 2.75) is 6.54 Å². The number of carbonyl (C=O) groups is 1. The molecule has 4 nitrogen and oxygen atoms in total. The van der Waals surface area contributed by atoms with Crippen LogP contribution in [0.4, 0.5) is 18.9 Å². The molecule has 1 aromatic carbocycles. The van der Waals surface area contributed by atoms with E-state index < -0.39 is 29.0 Å². The van der Waals surface area contributed by atoms with Gasteiger partial charge in [0.25, 0.3) is 0 Å². The van der Waals surface area contributed by atoms with Gasteiger partial charge in [-0.1, -0.05) is 6.07 Å². The molecular formula is C17H14F3N3OS2. The van der Waals surface area contributed by atoms with Crippen LogP contribution in [0.15, 0.2) is 35.0 Å². The molecule has 0 spiro atoms. The van der Waals surface area contributed by atoms with Crippen LogP contribution in [-0.2, 0) is 11.3 Å². The van der Waals surface area contributed by atoms with Crippen molar-refractivity contribution >= 4 is 34.3 Å². The van der Waals surface area contributed by atoms with E-state index in [0.29, 0.717) is 6.54 Å². The van der Waals surface area contributed by atoms with Gasteiger partial charge in [0.05, 0.1) is 22.8 Å². The van der Waals surface area contributed by atoms with E-state index in [-0.39, 0.29) is 6.54 Å². The molecule has 2 aromatic heterocycles. The molecule has 26 heavy (non-hydrogen) atoms. The Morgan fingerprint density at radius 3 is 2.73 bits per heavy atom. The predicted octanol–water partition coefficient (Wildman–Crippen LogP) is 4.36. The Balaban J connectivity index is 1.57. The monoisotopic (exact) mass is 397 g/mol. The summed E-state index contributed by atoms with van der Waals surface area (Å²) in [6.45, 7) is 0.375. The molecule has 0 saturated carbocycles. The zero-order valence-corrected chi connectivity index (χ0v) is 15.3. The molecule has 0 radical (unpaired) electrons. The van der Waals surface area contributed by atoms with Crippen LogP contribution in [0.3, 0.4) is 0 Å². The summed E-state index contributed by atoms with van der Waals surface area (Å²) in [5.41, 5.74) is 0.420. The first-order chi connectivity index (χ1) is 12.4. The van der Waals surface area contributed by atoms with Crippen LogP contribution in [0.1, 0.15) is 5.69 Å². The minimum atomic E-state index is -1.61. The molecule has 0 atom stereocenters. The van der Waals surface area contributed by atoms with Crippen LogP contribution < -0.4 is 5.32 Å². The summed E-state index contributed by atoms with van der Waals surface area (Å²) in [5.74, 6) is -4.87. The molecule has 0 fully saturated rings. The van der Waals surface area contributed by atoms with E-state index in [0.717, 1.165) is 27.7 Å². The number of carbonyl (C=O) groups excluding carboxylic acids is 1. The Hall–Kier alpha value is -2.23. The molecule has 0 aliphatic heterocycles. The number of thiazole rings is 1. The van der Waals surface area contributed by atoms with E-state index in [4.69, 9.17) is 0 Å². The van der Waals surface area contributed by atoms with Gasteiger partial charge in [0.2, 0.25) is 5.91 Å². The standard InChI is InChI=1S/C17H14F3N3OS2/c1-23(7-10-9-26-17(21-10)13-3-2-6-25-13)8-14(24)22-12-5-4-11(18)15(19)16(12)20/h2-6,9H,7-8H2,1H3,(H,22,24). The van der Waals surface area contributed by atoms with Gasteiger partial charge in [-0.05, 0) is 30.6 Å². The van der Waals surface area contributed by atoms with E-state index in [1.807, 2.05) is 22.9 Å². The Morgan fingerprint density at radius 2 is 2.00 bits per heavy atom. The van der Waals surface area contributed by atoms with Crippen molar-refractivity contribution in [2.24, 2.45) is 0 Å². The number of aromatic nitrogens is 1. The van der Waals surface area contributed by atoms with Crippen LogP contribution in [-0.4, -0.2) is 29.4 Å². The molecule has 3 aromatic rings. The highest BCUT2D eigenvalue weighted by molar-refractivity contribution is 7.20. The Morgan fingerprint density at radius 1 is 1.19 bits per heavy atom. The highest BCUT2D eigenvalue weighted by Gasteiger charge is 2.16. The molecule has 2 heterocycles. The van der Waals surface area contributed by atoms with Crippen molar-refractivity contribution in [1.82, 2.24) is 9.88 Å². The maximum Gasteiger partial charge on any atom is 0.238 e. The minimum Gasteiger partial charge on any atom is -0.322 e. The van der Waals surface area contributed by atoms with Crippen molar-refractivity contribution in [3.05, 3.63) is 58.2 Å². The summed E-state index contributed by atoms with van der Waals surface area (Å²) < 4.78 is 39.7. The number of nitrogens with one attached hydrogen (secondary N) is 1. The Labute approximate surface area is 155 Å². The van der Waals surface area contributed by atoms with Gasteiger partial charge in [-0.15, -0.1) is 22.7 Å². The fraction of sp³-hybridized carbons (Fsp3) is 0.176. The normalized spacial score (nSPS) is 11.1. The van der Waals surface area contributed by atoms with Gasteiger partial charge in [-0.25, -0.2) is 18.2 Å². The summed E-state index contributed by atoms with van der Waals surface area (Å²) >= 11 is 3.12. The molecule has 1 amide bonds. The second kappa shape index (κ2) is 7.98. The van der Waals surface area contributed by atoms with Crippen LogP contribution >= 0.6 is 22.7 Å². The number of halogens is 3. The summed E-state index contributed by atoms with van der Waals surface area (Å²) in [5, 5.41) is 7.05. The lowest BCUT2D eigenvalue weighted by molar-refractivity contribution is -0.117. The van der Waals surface area contributed by atoms with Crippen molar-refractivity contribution in [3.8, 4) is 9.88 Å². The lowest BCUT2D eigenvalue weighted by atomic mass is 10.2. The second-order valence-corrected chi connectivity index (χ2v) is 7.37. The SMILES string of the molecule is CN(CC(=O)Nc1ccc(F)c(F)c1F)Cc1csc(-c2cccs2)n1. The first-order valence-electron chi connectivity index (χ1n) is 7.54. The van der Waals surface area contributed by atoms with E-state index in [1.165, 1.54) is 11.3 Å². The largest absolute Gasteiger partial charge is 0.322 e. The lowest BCUT2D eigenvalue weighted by Crippen LogP contribution is -2.30. The van der Waals surface area contributed by atoms with Gasteiger partial charge in [0.1, 0.15) is 5.01 Å². The number of likely N-dealkylation sites (N-methyl/N-ethyl adjacent to an activating group) is 1. The quantitative estimate of drug-likeness (QED) is 0.629. The van der Waals surface area contributed by atoms with Gasteiger partial charge in [0.15, 0.2) is 17.5 Å². The molecule has 1 N–H and O–H groups in total. The molecule has 0 aliphatic rings. The highest BCUT2D eigenvalue weighted by Crippen LogP contribution is 2.28. The first-order valence-corrected chi connectivity index (χ1v) is 9.30. The first kappa shape index (κ1) is 18.6. The van der Waals surface area contributed by atoms with Crippen molar-refractivity contribution < 1.29 is 18.0 Å². The molecule has 3 rings (SSSR count). The molecule has 136 valence electrons. The van der Waals surface area contributed by atoms with Crippen LogP contribution in [0, 0.1) is 17.5 Å². The summed E-state index contributed by atoms with van der Waals surface area (Å²) in [4.78, 5) is 19.3. The Bertz CT molecular complexity index is 912. The molecule has 0 bridgehead atoms. The van der Waals surface area contributed by atoms with Crippen molar-refractivity contribution in [2.75, 3.05) is 18.9 Å². The average molecular weight is 397 g/mol. The average Bonchev–Trinajstić information content (AvgIpc) is 3.26. The molecule has 9 heteroatoms. The number of nitrogens with zero attached hydrogens (tertiary/aromatic N) is 2. The van der Waals surface area contributed by atoms with Gasteiger partial charge < -0.3 is 5.32 Å². The number of hydrogen-bond acceptors (Lipinski definition) is 5. The predicted molar refractivity (Wildman–Crippen MR) is 96.7 cm³/mol. The number of rotatable bonds is 6. The number of amides is 1. The van der Waals surface area contributed by atoms with E-state index in [2.05, 4.69) is 10.3 Å². The van der Waals surface area contributed by atoms with Gasteiger partial charge >= 0.3 is 0 Å². The molecular weight excluding hydrogens is 383 g/mol. The van der Waals surface area contributed by atoms with Crippen LogP contribution in [0.25, 0.3) is 9.88 Å². The van der Waals surface area contributed by atoms with Crippen LogP contribution in [0.2, 0.25) is 0 Å². The summed E-state index contributed by atoms with van der Waals surface area (Å²) in [6.07, 6.45) is 0. The topological polar surface area (TPSA) is 45.2 Å². The van der Waals surface area contributed by atoms with E-state index in [1.54, 1.807) is 23.3 Å². The number of benzene rings is 1. The number of hydrogen-bond donors (Lipinski definition) is 1. The van der Waals surface area contributed by atoms with E-state index in [9.17, 15) is 18.0 Å². The number of anilines is 1. The summed E-state index contributed by atoms with van der Waals surface area (Å²) in [7, 11) is 1.71. The van der Waals surface area contributed by atoms with E-state index >= 15 is 0 Å². The zero-order chi connectivity index (χ0) is 18.7. The second-order valence-electron chi connectivity index (χ2n) is 5.56. The zero-order valence-electron chi connectivity index (χ0n) is 13.6. The van der Waals surface area contributed by atoms with Gasteiger partial charge in [-0.2, -0.15) is 0 Å². The van der Waals surface area contributed by atoms with Crippen molar-refractivity contribution in [1.29, 1.82) is 0 Å². The highest BCUT2D eigenvalue weighted by atomic mass is 32.1. The van der Waals surface area contributed by atoms with Crippen LogP contribution in [0.5, 0.6) is 0 Å². The van der Waals surface area contributed by atoms with Gasteiger partial charge in [0, 0.05) is 11.9 Å². The third kappa shape index (κ3) is 4.29. The third-order valence-electron chi connectivity index (χ3n) is 3.44. The fourth-order valence-corrected chi connectivity index (χ4v) is 3.91. The minimum absolute atomic E-state index is 0.0513. The maximum atomic E-state index is 13.6.